The molecule has 0 aliphatic carbocycles. The van der Waals surface area contributed by atoms with E-state index in [0.717, 1.165) is 16.5 Å². The Morgan fingerprint density at radius 3 is 2.88 bits per heavy atom. The number of fused-ring (bicyclic) bond motifs is 1. The minimum atomic E-state index is -1.27. The number of aliphatic carboxylic acids is 1. The van der Waals surface area contributed by atoms with Crippen LogP contribution in [0.2, 0.25) is 0 Å². The molecule has 2 aromatic rings. The van der Waals surface area contributed by atoms with E-state index in [1.54, 1.807) is 12.3 Å². The summed E-state index contributed by atoms with van der Waals surface area (Å²) in [6, 6.07) is 7.64. The van der Waals surface area contributed by atoms with Gasteiger partial charge < -0.3 is 15.6 Å². The van der Waals surface area contributed by atoms with Crippen molar-refractivity contribution in [1.82, 2.24) is 4.98 Å². The number of carboxylic acid groups (broad SMARTS) is 1. The Hall–Kier alpha value is -2.65. The van der Waals surface area contributed by atoms with Crippen molar-refractivity contribution in [2.75, 3.05) is 0 Å². The van der Waals surface area contributed by atoms with Crippen LogP contribution in [0.1, 0.15) is 5.56 Å². The molecule has 5 nitrogen and oxygen atoms in total. The smallest absolute Gasteiger partial charge is 0.419 e. The fourth-order valence-electron chi connectivity index (χ4n) is 1.55. The highest BCUT2D eigenvalue weighted by molar-refractivity contribution is 6.38. The Labute approximate surface area is 96.6 Å². The van der Waals surface area contributed by atoms with Crippen LogP contribution in [0.5, 0.6) is 0 Å². The lowest BCUT2D eigenvalue weighted by Crippen LogP contribution is -2.10. The van der Waals surface area contributed by atoms with E-state index in [9.17, 15) is 4.79 Å². The first-order chi connectivity index (χ1) is 8.22. The van der Waals surface area contributed by atoms with E-state index >= 15 is 0 Å². The van der Waals surface area contributed by atoms with Crippen molar-refractivity contribution in [3.05, 3.63) is 47.6 Å². The number of aromatic amines is 1. The first-order valence-electron chi connectivity index (χ1n) is 4.92. The second-order valence-electron chi connectivity index (χ2n) is 3.41. The van der Waals surface area contributed by atoms with Gasteiger partial charge in [0.15, 0.2) is 0 Å². The third kappa shape index (κ3) is 2.14. The maximum Gasteiger partial charge on any atom is 0.419 e. The van der Waals surface area contributed by atoms with Crippen LogP contribution in [-0.2, 0) is 4.79 Å². The lowest BCUT2D eigenvalue weighted by atomic mass is 10.1. The van der Waals surface area contributed by atoms with Crippen LogP contribution in [0.25, 0.3) is 22.5 Å². The molecule has 0 bridgehead atoms. The van der Waals surface area contributed by atoms with Crippen LogP contribution in [0, 0.1) is 0 Å². The third-order valence-electron chi connectivity index (χ3n) is 2.37. The molecule has 0 radical (unpaired) electrons. The van der Waals surface area contributed by atoms with Crippen LogP contribution < -0.4 is 0 Å². The summed E-state index contributed by atoms with van der Waals surface area (Å²) in [6.07, 6.45) is 4.60. The summed E-state index contributed by atoms with van der Waals surface area (Å²) in [7, 11) is 0. The Morgan fingerprint density at radius 1 is 1.41 bits per heavy atom. The first-order valence-corrected chi connectivity index (χ1v) is 4.92. The zero-order chi connectivity index (χ0) is 12.3. The van der Waals surface area contributed by atoms with E-state index in [1.807, 2.05) is 24.3 Å². The molecular weight excluding hydrogens is 218 g/mol. The molecule has 1 heterocycles. The van der Waals surface area contributed by atoms with Crippen molar-refractivity contribution in [1.29, 1.82) is 0 Å². The fourth-order valence-corrected chi connectivity index (χ4v) is 1.55. The highest BCUT2D eigenvalue weighted by Crippen LogP contribution is 2.18. The Bertz CT molecular complexity index is 649. The standard InChI is InChI=1S/C12H9N3O2/c13-15-11(12(16)17)6-5-8-7-14-10-4-2-1-3-9(8)10/h1-7,14H,(H,16,17). The maximum atomic E-state index is 10.6. The topological polar surface area (TPSA) is 89.5 Å². The molecule has 0 aliphatic heterocycles. The highest BCUT2D eigenvalue weighted by atomic mass is 16.4. The lowest BCUT2D eigenvalue weighted by Gasteiger charge is -1.89. The summed E-state index contributed by atoms with van der Waals surface area (Å²) in [5.74, 6) is -1.27. The minimum Gasteiger partial charge on any atom is -0.472 e. The van der Waals surface area contributed by atoms with Gasteiger partial charge in [-0.3, -0.25) is 0 Å². The molecule has 2 N–H and O–H groups in total. The number of H-pyrrole nitrogens is 1. The first kappa shape index (κ1) is 10.9. The quantitative estimate of drug-likeness (QED) is 0.476. The summed E-state index contributed by atoms with van der Waals surface area (Å²) in [5.41, 5.74) is 9.88. The number of rotatable bonds is 3. The summed E-state index contributed by atoms with van der Waals surface area (Å²) in [6.45, 7) is 0. The molecule has 1 aromatic carbocycles. The average Bonchev–Trinajstić information content (AvgIpc) is 2.73. The summed E-state index contributed by atoms with van der Waals surface area (Å²) >= 11 is 0. The second-order valence-corrected chi connectivity index (χ2v) is 3.41. The highest BCUT2D eigenvalue weighted by Gasteiger charge is 2.13. The third-order valence-corrected chi connectivity index (χ3v) is 2.37. The van der Waals surface area contributed by atoms with Crippen LogP contribution in [0.3, 0.4) is 0 Å². The largest absolute Gasteiger partial charge is 0.472 e. The van der Waals surface area contributed by atoms with Crippen molar-refractivity contribution in [3.8, 4) is 0 Å². The number of nitrogens with zero attached hydrogens (tertiary/aromatic N) is 2. The van der Waals surface area contributed by atoms with Gasteiger partial charge in [0.2, 0.25) is 0 Å². The molecule has 2 rings (SSSR count). The SMILES string of the molecule is [N-]=[N+]=C(C=Cc1c[nH]c2ccccc12)C(=O)O. The van der Waals surface area contributed by atoms with E-state index < -0.39 is 11.7 Å². The van der Waals surface area contributed by atoms with Gasteiger partial charge in [-0.2, -0.15) is 4.79 Å². The van der Waals surface area contributed by atoms with E-state index in [2.05, 4.69) is 9.77 Å². The van der Waals surface area contributed by atoms with Gasteiger partial charge in [-0.25, -0.2) is 4.79 Å². The average molecular weight is 227 g/mol. The van der Waals surface area contributed by atoms with Gasteiger partial charge in [-0.1, -0.05) is 18.2 Å². The fraction of sp³-hybridized carbons (Fsp3) is 0. The van der Waals surface area contributed by atoms with Gasteiger partial charge in [0.1, 0.15) is 0 Å². The summed E-state index contributed by atoms with van der Waals surface area (Å²) < 4.78 is 0. The number of aromatic nitrogens is 1. The van der Waals surface area contributed by atoms with E-state index in [1.165, 1.54) is 6.08 Å². The number of nitrogens with one attached hydrogen (secondary N) is 1. The lowest BCUT2D eigenvalue weighted by molar-refractivity contribution is -0.133. The number of para-hydroxylation sites is 1. The zero-order valence-corrected chi connectivity index (χ0v) is 8.79. The molecule has 0 spiro atoms. The predicted molar refractivity (Wildman–Crippen MR) is 63.6 cm³/mol. The van der Waals surface area contributed by atoms with Gasteiger partial charge in [0.05, 0.1) is 0 Å². The number of hydrogen-bond donors (Lipinski definition) is 2. The van der Waals surface area contributed by atoms with Crippen LogP contribution in [0.4, 0.5) is 0 Å². The predicted octanol–water partition coefficient (Wildman–Crippen LogP) is 1.94. The second kappa shape index (κ2) is 4.47. The molecule has 0 aliphatic rings. The Morgan fingerprint density at radius 2 is 2.18 bits per heavy atom. The van der Waals surface area contributed by atoms with Crippen LogP contribution in [0.15, 0.2) is 36.5 Å². The molecule has 0 atom stereocenters. The minimum absolute atomic E-state index is 0.407. The normalized spacial score (nSPS) is 10.6. The van der Waals surface area contributed by atoms with Crippen LogP contribution in [-0.4, -0.2) is 26.6 Å². The van der Waals surface area contributed by atoms with Gasteiger partial charge in [-0.05, 0) is 12.1 Å². The Balaban J connectivity index is 2.39. The van der Waals surface area contributed by atoms with E-state index in [4.69, 9.17) is 10.6 Å². The number of hydrogen-bond acceptors (Lipinski definition) is 1. The molecule has 1 aromatic heterocycles. The molecule has 0 saturated heterocycles. The van der Waals surface area contributed by atoms with Crippen molar-refractivity contribution >= 4 is 28.7 Å². The van der Waals surface area contributed by atoms with Crippen molar-refractivity contribution < 1.29 is 14.7 Å². The number of benzene rings is 1. The van der Waals surface area contributed by atoms with Crippen molar-refractivity contribution in [2.24, 2.45) is 0 Å². The van der Waals surface area contributed by atoms with E-state index in [0.29, 0.717) is 0 Å². The van der Waals surface area contributed by atoms with Crippen molar-refractivity contribution in [2.45, 2.75) is 0 Å². The van der Waals surface area contributed by atoms with Crippen LogP contribution >= 0.6 is 0 Å². The molecule has 17 heavy (non-hydrogen) atoms. The molecule has 0 saturated carbocycles. The number of carboxylic acids is 1. The molecule has 0 fully saturated rings. The maximum absolute atomic E-state index is 10.6. The number of carbonyl (C=O) groups is 1. The zero-order valence-electron chi connectivity index (χ0n) is 8.79. The van der Waals surface area contributed by atoms with E-state index in [-0.39, 0.29) is 0 Å². The van der Waals surface area contributed by atoms with Gasteiger partial charge >= 0.3 is 11.7 Å². The van der Waals surface area contributed by atoms with Crippen molar-refractivity contribution in [3.63, 3.8) is 0 Å². The monoisotopic (exact) mass is 227 g/mol. The summed E-state index contributed by atoms with van der Waals surface area (Å²) in [4.78, 5) is 16.3. The van der Waals surface area contributed by atoms with Gasteiger partial charge in [-0.15, -0.1) is 0 Å². The van der Waals surface area contributed by atoms with Gasteiger partial charge in [0, 0.05) is 28.7 Å². The molecular formula is C12H9N3O2. The summed E-state index contributed by atoms with van der Waals surface area (Å²) in [5, 5.41) is 9.64. The molecule has 84 valence electrons. The molecule has 5 heteroatoms. The Kier molecular flexibility index (Phi) is 2.85. The van der Waals surface area contributed by atoms with Gasteiger partial charge in [0.25, 0.3) is 0 Å². The molecule has 0 unspecified atom stereocenters. The molecule has 0 amide bonds.